The topological polar surface area (TPSA) is 220 Å². The van der Waals surface area contributed by atoms with Crippen molar-refractivity contribution in [3.63, 3.8) is 0 Å². The lowest BCUT2D eigenvalue weighted by Gasteiger charge is -2.32. The summed E-state index contributed by atoms with van der Waals surface area (Å²) in [5, 5.41) is 13.0. The van der Waals surface area contributed by atoms with Crippen LogP contribution in [0.3, 0.4) is 0 Å². The van der Waals surface area contributed by atoms with Gasteiger partial charge in [0.25, 0.3) is 5.91 Å². The number of hydrogen-bond acceptors (Lipinski definition) is 12. The monoisotopic (exact) mass is 875 g/mol. The first-order chi connectivity index (χ1) is 29.6. The number of ether oxygens (including phenoxy) is 4. The van der Waals surface area contributed by atoms with E-state index in [9.17, 15) is 27.6 Å². The van der Waals surface area contributed by atoms with Gasteiger partial charge in [-0.3, -0.25) is 24.2 Å². The van der Waals surface area contributed by atoms with Crippen LogP contribution in [0, 0.1) is 24.2 Å². The van der Waals surface area contributed by atoms with Crippen LogP contribution in [-0.4, -0.2) is 102 Å². The number of aryl methyl sites for hydroxylation is 2. The Morgan fingerprint density at radius 1 is 1.10 bits per heavy atom. The third-order valence-corrected chi connectivity index (χ3v) is 14.8. The van der Waals surface area contributed by atoms with Crippen LogP contribution >= 0.6 is 0 Å². The molecule has 4 bridgehead atoms. The van der Waals surface area contributed by atoms with E-state index < -0.39 is 74.1 Å². The highest BCUT2D eigenvalue weighted by Gasteiger charge is 2.62. The van der Waals surface area contributed by atoms with E-state index in [0.29, 0.717) is 60.2 Å². The number of fused-ring (bicyclic) bond motifs is 3. The maximum absolute atomic E-state index is 14.9. The number of nitrogens with one attached hydrogen (secondary N) is 4. The smallest absolute Gasteiger partial charge is 0.407 e. The third-order valence-electron chi connectivity index (χ3n) is 13.0. The number of alkyl carbamates (subject to hydrolysis) is 1. The van der Waals surface area contributed by atoms with Gasteiger partial charge >= 0.3 is 6.09 Å². The summed E-state index contributed by atoms with van der Waals surface area (Å²) in [5.74, 6) is -1.41. The minimum Gasteiger partial charge on any atom is -0.496 e. The molecule has 8 rings (SSSR count). The van der Waals surface area contributed by atoms with Gasteiger partial charge in [-0.05, 0) is 87.3 Å². The first-order valence-electron chi connectivity index (χ1n) is 21.6. The maximum Gasteiger partial charge on any atom is 0.407 e. The Kier molecular flexibility index (Phi) is 11.9. The number of H-pyrrole nitrogens is 1. The SMILES string of the molecule is C=C[C@H]1C[C@@]1(NC(=O)[C@@H]1C[C@@H]2CN1C(=O)[C@H](C1CCCC1)NC(=O)OCC(C)(C)CCCc1cc3c(cc(OCc4cc(C)[nH]n4)nc3cc1OC)O2)C(=O)NS(=O)(=O)C1CC1. The number of cyclic esters (lactones) is 1. The van der Waals surface area contributed by atoms with E-state index in [0.717, 1.165) is 36.9 Å². The number of rotatable bonds is 11. The fourth-order valence-corrected chi connectivity index (χ4v) is 10.5. The van der Waals surface area contributed by atoms with Crippen molar-refractivity contribution in [2.45, 2.75) is 127 Å². The Morgan fingerprint density at radius 3 is 2.55 bits per heavy atom. The van der Waals surface area contributed by atoms with E-state index in [2.05, 4.69) is 32.1 Å². The fraction of sp³-hybridized carbons (Fsp3) is 0.591. The molecular formula is C44H57N7O10S. The standard InChI is InChI=1S/C44H57N7O10S/c1-6-28-21-44(28,41(54)50-62(56,57)31-13-14-31)47-39(52)34-18-30-22-51(34)40(53)38(26-10-7-8-11-26)46-42(55)60-24-43(3,4)15-9-12-27-17-32-33(19-35(27)58-5)45-37(20-36(32)61-30)59-23-29-16-25(2)48-49-29/h6,16-17,19-20,26,28,30-31,34,38H,1,7-15,18,21-24H2,2-5H3,(H,46,55)(H,47,52)(H,48,49)(H,50,54)/t28-,30+,34-,38-,44-/m0/s1. The number of nitrogens with zero attached hydrogens (tertiary/aromatic N) is 3. The summed E-state index contributed by atoms with van der Waals surface area (Å²) in [5.41, 5.74) is 1.04. The van der Waals surface area contributed by atoms with Crippen molar-refractivity contribution in [1.29, 1.82) is 0 Å². The summed E-state index contributed by atoms with van der Waals surface area (Å²) in [7, 11) is -2.33. The predicted octanol–water partition coefficient (Wildman–Crippen LogP) is 4.52. The zero-order chi connectivity index (χ0) is 44.0. The molecule has 3 saturated carbocycles. The third kappa shape index (κ3) is 9.20. The molecule has 62 heavy (non-hydrogen) atoms. The van der Waals surface area contributed by atoms with Crippen molar-refractivity contribution < 1.29 is 46.5 Å². The van der Waals surface area contributed by atoms with Crippen LogP contribution in [0.4, 0.5) is 4.79 Å². The average Bonchev–Trinajstić information content (AvgIpc) is 4.03. The predicted molar refractivity (Wildman–Crippen MR) is 227 cm³/mol. The first-order valence-corrected chi connectivity index (χ1v) is 23.2. The number of carbonyl (C=O) groups excluding carboxylic acids is 4. The molecule has 17 nitrogen and oxygen atoms in total. The molecule has 3 aromatic rings. The number of aromatic amines is 1. The largest absolute Gasteiger partial charge is 0.496 e. The highest BCUT2D eigenvalue weighted by molar-refractivity contribution is 7.91. The van der Waals surface area contributed by atoms with E-state index in [-0.39, 0.29) is 44.4 Å². The van der Waals surface area contributed by atoms with Crippen molar-refractivity contribution in [3.05, 3.63) is 53.9 Å². The second kappa shape index (κ2) is 17.1. The number of amides is 4. The summed E-state index contributed by atoms with van der Waals surface area (Å²) >= 11 is 0. The molecule has 5 atom stereocenters. The zero-order valence-electron chi connectivity index (χ0n) is 35.8. The van der Waals surface area contributed by atoms with Crippen LogP contribution in [0.2, 0.25) is 0 Å². The summed E-state index contributed by atoms with van der Waals surface area (Å²) in [6, 6.07) is 5.23. The van der Waals surface area contributed by atoms with Crippen LogP contribution in [0.25, 0.3) is 10.9 Å². The van der Waals surface area contributed by atoms with Crippen LogP contribution < -0.4 is 29.6 Å². The second-order valence-corrected chi connectivity index (χ2v) is 20.4. The van der Waals surface area contributed by atoms with E-state index >= 15 is 0 Å². The molecule has 5 aliphatic rings. The van der Waals surface area contributed by atoms with Crippen LogP contribution in [-0.2, 0) is 42.2 Å². The summed E-state index contributed by atoms with van der Waals surface area (Å²) in [6.45, 7) is 9.96. The van der Waals surface area contributed by atoms with E-state index in [1.165, 1.54) is 11.0 Å². The van der Waals surface area contributed by atoms with Gasteiger partial charge < -0.3 is 34.5 Å². The molecule has 18 heteroatoms. The fourth-order valence-electron chi connectivity index (χ4n) is 9.18. The second-order valence-electron chi connectivity index (χ2n) is 18.4. The van der Waals surface area contributed by atoms with E-state index in [1.807, 2.05) is 39.0 Å². The number of sulfonamides is 1. The zero-order valence-corrected chi connectivity index (χ0v) is 36.6. The minimum absolute atomic E-state index is 0.0139. The molecule has 334 valence electrons. The molecule has 2 aliphatic heterocycles. The Bertz CT molecular complexity index is 2360. The van der Waals surface area contributed by atoms with Crippen molar-refractivity contribution in [3.8, 4) is 17.4 Å². The summed E-state index contributed by atoms with van der Waals surface area (Å²) in [6.07, 6.45) is 6.37. The molecule has 4 N–H and O–H groups in total. The van der Waals surface area contributed by atoms with Gasteiger partial charge in [0, 0.05) is 35.6 Å². The number of benzene rings is 1. The lowest BCUT2D eigenvalue weighted by Crippen LogP contribution is -2.59. The van der Waals surface area contributed by atoms with Gasteiger partial charge in [-0.2, -0.15) is 5.10 Å². The van der Waals surface area contributed by atoms with Crippen molar-refractivity contribution in [2.75, 3.05) is 20.3 Å². The van der Waals surface area contributed by atoms with Crippen molar-refractivity contribution in [1.82, 2.24) is 35.4 Å². The van der Waals surface area contributed by atoms with Crippen molar-refractivity contribution >= 4 is 44.7 Å². The Balaban J connectivity index is 1.16. The molecule has 4 heterocycles. The Labute approximate surface area is 361 Å². The van der Waals surface area contributed by atoms with Gasteiger partial charge in [0.1, 0.15) is 41.8 Å². The average molecular weight is 876 g/mol. The maximum atomic E-state index is 14.9. The van der Waals surface area contributed by atoms with Crippen LogP contribution in [0.1, 0.15) is 95.0 Å². The molecule has 0 radical (unpaired) electrons. The van der Waals surface area contributed by atoms with Gasteiger partial charge in [-0.15, -0.1) is 6.58 Å². The minimum atomic E-state index is -3.93. The number of pyridine rings is 1. The Hall–Kier alpha value is -5.39. The number of aromatic nitrogens is 3. The van der Waals surface area contributed by atoms with Gasteiger partial charge in [0.15, 0.2) is 0 Å². The molecule has 4 amide bonds. The molecule has 0 unspecified atom stereocenters. The molecule has 1 saturated heterocycles. The molecular weight excluding hydrogens is 819 g/mol. The molecule has 1 aromatic carbocycles. The molecule has 3 aliphatic carbocycles. The van der Waals surface area contributed by atoms with Gasteiger partial charge in [0.05, 0.1) is 36.7 Å². The van der Waals surface area contributed by atoms with Gasteiger partial charge in [0.2, 0.25) is 27.7 Å². The van der Waals surface area contributed by atoms with E-state index in [4.69, 9.17) is 23.9 Å². The molecule has 2 aromatic heterocycles. The molecule has 4 fully saturated rings. The Morgan fingerprint density at radius 2 is 1.87 bits per heavy atom. The van der Waals surface area contributed by atoms with Gasteiger partial charge in [-0.1, -0.05) is 32.8 Å². The normalized spacial score (nSPS) is 26.7. The summed E-state index contributed by atoms with van der Waals surface area (Å²) < 4.78 is 52.5. The number of hydrogen-bond donors (Lipinski definition) is 4. The lowest BCUT2D eigenvalue weighted by atomic mass is 9.87. The first kappa shape index (κ1) is 43.3. The van der Waals surface area contributed by atoms with Crippen molar-refractivity contribution in [2.24, 2.45) is 17.3 Å². The quantitative estimate of drug-likeness (QED) is 0.196. The lowest BCUT2D eigenvalue weighted by molar-refractivity contribution is -0.142. The number of methoxy groups -OCH3 is 1. The highest BCUT2D eigenvalue weighted by atomic mass is 32.2. The molecule has 0 spiro atoms. The number of carbonyl (C=O) groups is 4. The summed E-state index contributed by atoms with van der Waals surface area (Å²) in [4.78, 5) is 63.1. The van der Waals surface area contributed by atoms with E-state index in [1.54, 1.807) is 13.2 Å². The highest BCUT2D eigenvalue weighted by Crippen LogP contribution is 2.46. The van der Waals surface area contributed by atoms with Crippen LogP contribution in [0.15, 0.2) is 36.9 Å². The van der Waals surface area contributed by atoms with Gasteiger partial charge in [-0.25, -0.2) is 18.2 Å². The van der Waals surface area contributed by atoms with Crippen LogP contribution in [0.5, 0.6) is 17.4 Å².